The van der Waals surface area contributed by atoms with Gasteiger partial charge in [0, 0.05) is 31.0 Å². The molecule has 1 aromatic heterocycles. The van der Waals surface area contributed by atoms with Crippen molar-refractivity contribution < 1.29 is 0 Å². The maximum atomic E-state index is 12.1. The zero-order chi connectivity index (χ0) is 14.8. The lowest BCUT2D eigenvalue weighted by Crippen LogP contribution is -2.35. The van der Waals surface area contributed by atoms with Gasteiger partial charge in [0.15, 0.2) is 0 Å². The first-order valence-corrected chi connectivity index (χ1v) is 8.33. The molecule has 0 spiro atoms. The van der Waals surface area contributed by atoms with E-state index in [1.165, 1.54) is 10.5 Å². The summed E-state index contributed by atoms with van der Waals surface area (Å²) in [6, 6.07) is 8.46. The Balaban J connectivity index is 1.82. The quantitative estimate of drug-likeness (QED) is 0.884. The number of hydrogen-bond donors (Lipinski definition) is 1. The molecule has 21 heavy (non-hydrogen) atoms. The van der Waals surface area contributed by atoms with Crippen LogP contribution in [0.2, 0.25) is 0 Å². The van der Waals surface area contributed by atoms with Gasteiger partial charge in [-0.2, -0.15) is 0 Å². The van der Waals surface area contributed by atoms with E-state index in [1.807, 2.05) is 6.92 Å². The minimum Gasteiger partial charge on any atom is -0.310 e. The average Bonchev–Trinajstić information content (AvgIpc) is 2.48. The molecule has 0 unspecified atom stereocenters. The molecule has 0 atom stereocenters. The largest absolute Gasteiger partial charge is 0.310 e. The fourth-order valence-corrected chi connectivity index (χ4v) is 3.42. The molecule has 1 aliphatic rings. The number of hydrogen-bond acceptors (Lipinski definition) is 4. The third-order valence-corrected chi connectivity index (χ3v) is 4.69. The molecule has 5 heteroatoms. The SMILES string of the molecule is CSc1ccccc1CN1CCc2nc(C)[nH]c(=O)c2C1. The van der Waals surface area contributed by atoms with Crippen molar-refractivity contribution in [3.05, 3.63) is 57.3 Å². The molecule has 0 fully saturated rings. The minimum atomic E-state index is 0.0142. The predicted octanol–water partition coefficient (Wildman–Crippen LogP) is 2.36. The summed E-state index contributed by atoms with van der Waals surface area (Å²) in [5, 5.41) is 0. The summed E-state index contributed by atoms with van der Waals surface area (Å²) in [7, 11) is 0. The van der Waals surface area contributed by atoms with Gasteiger partial charge in [-0.05, 0) is 24.8 Å². The Hall–Kier alpha value is -1.59. The predicted molar refractivity (Wildman–Crippen MR) is 85.6 cm³/mol. The van der Waals surface area contributed by atoms with Gasteiger partial charge in [-0.3, -0.25) is 9.69 Å². The van der Waals surface area contributed by atoms with Gasteiger partial charge in [0.1, 0.15) is 5.82 Å². The fraction of sp³-hybridized carbons (Fsp3) is 0.375. The van der Waals surface area contributed by atoms with Gasteiger partial charge in [0.2, 0.25) is 0 Å². The lowest BCUT2D eigenvalue weighted by Gasteiger charge is -2.28. The normalized spacial score (nSPS) is 15.0. The maximum absolute atomic E-state index is 12.1. The standard InChI is InChI=1S/C16H19N3OS/c1-11-17-14-7-8-19(10-13(14)16(20)18-11)9-12-5-3-4-6-15(12)21-2/h3-6H,7-10H2,1-2H3,(H,17,18,20). The molecule has 110 valence electrons. The summed E-state index contributed by atoms with van der Waals surface area (Å²) in [5.74, 6) is 0.708. The van der Waals surface area contributed by atoms with E-state index in [2.05, 4.69) is 45.4 Å². The number of benzene rings is 1. The highest BCUT2D eigenvalue weighted by Crippen LogP contribution is 2.23. The summed E-state index contributed by atoms with van der Waals surface area (Å²) in [4.78, 5) is 23.0. The molecule has 2 aromatic rings. The Morgan fingerprint density at radius 1 is 1.38 bits per heavy atom. The first-order chi connectivity index (χ1) is 10.2. The first kappa shape index (κ1) is 14.4. The van der Waals surface area contributed by atoms with Crippen LogP contribution in [0.3, 0.4) is 0 Å². The van der Waals surface area contributed by atoms with Crippen LogP contribution in [-0.4, -0.2) is 27.7 Å². The van der Waals surface area contributed by atoms with Gasteiger partial charge in [0.05, 0.1) is 11.3 Å². The number of nitrogens with zero attached hydrogens (tertiary/aromatic N) is 2. The monoisotopic (exact) mass is 301 g/mol. The van der Waals surface area contributed by atoms with E-state index >= 15 is 0 Å². The number of nitrogens with one attached hydrogen (secondary N) is 1. The van der Waals surface area contributed by atoms with E-state index in [9.17, 15) is 4.79 Å². The van der Waals surface area contributed by atoms with Gasteiger partial charge in [-0.15, -0.1) is 11.8 Å². The van der Waals surface area contributed by atoms with E-state index in [0.29, 0.717) is 12.4 Å². The summed E-state index contributed by atoms with van der Waals surface area (Å²) in [6.07, 6.45) is 2.95. The number of rotatable bonds is 3. The first-order valence-electron chi connectivity index (χ1n) is 7.10. The number of aryl methyl sites for hydroxylation is 1. The van der Waals surface area contributed by atoms with Crippen molar-refractivity contribution in [2.45, 2.75) is 31.3 Å². The Morgan fingerprint density at radius 2 is 2.19 bits per heavy atom. The Kier molecular flexibility index (Phi) is 4.12. The number of aromatic amines is 1. The second-order valence-electron chi connectivity index (χ2n) is 5.35. The molecule has 4 nitrogen and oxygen atoms in total. The maximum Gasteiger partial charge on any atom is 0.255 e. The third-order valence-electron chi connectivity index (χ3n) is 3.85. The molecular weight excluding hydrogens is 282 g/mol. The van der Waals surface area contributed by atoms with Crippen molar-refractivity contribution in [1.29, 1.82) is 0 Å². The summed E-state index contributed by atoms with van der Waals surface area (Å²) in [5.41, 5.74) is 3.13. The van der Waals surface area contributed by atoms with Crippen molar-refractivity contribution in [2.75, 3.05) is 12.8 Å². The van der Waals surface area contributed by atoms with E-state index in [4.69, 9.17) is 0 Å². The van der Waals surface area contributed by atoms with Crippen molar-refractivity contribution in [2.24, 2.45) is 0 Å². The van der Waals surface area contributed by atoms with Crippen LogP contribution in [0.1, 0.15) is 22.6 Å². The minimum absolute atomic E-state index is 0.0142. The number of aromatic nitrogens is 2. The molecule has 1 N–H and O–H groups in total. The van der Waals surface area contributed by atoms with Crippen molar-refractivity contribution in [3.8, 4) is 0 Å². The molecule has 1 aliphatic heterocycles. The van der Waals surface area contributed by atoms with Gasteiger partial charge >= 0.3 is 0 Å². The topological polar surface area (TPSA) is 49.0 Å². The zero-order valence-electron chi connectivity index (χ0n) is 12.3. The summed E-state index contributed by atoms with van der Waals surface area (Å²) < 4.78 is 0. The van der Waals surface area contributed by atoms with Crippen LogP contribution < -0.4 is 5.56 Å². The summed E-state index contributed by atoms with van der Waals surface area (Å²) >= 11 is 1.77. The average molecular weight is 301 g/mol. The van der Waals surface area contributed by atoms with E-state index < -0.39 is 0 Å². The molecule has 0 radical (unpaired) electrons. The molecule has 2 heterocycles. The van der Waals surface area contributed by atoms with Crippen LogP contribution in [0.4, 0.5) is 0 Å². The zero-order valence-corrected chi connectivity index (χ0v) is 13.2. The molecule has 0 aliphatic carbocycles. The van der Waals surface area contributed by atoms with Crippen LogP contribution in [-0.2, 0) is 19.5 Å². The van der Waals surface area contributed by atoms with Crippen LogP contribution >= 0.6 is 11.8 Å². The van der Waals surface area contributed by atoms with E-state index in [-0.39, 0.29) is 5.56 Å². The van der Waals surface area contributed by atoms with E-state index in [1.54, 1.807) is 11.8 Å². The summed E-state index contributed by atoms with van der Waals surface area (Å²) in [6.45, 7) is 4.35. The lowest BCUT2D eigenvalue weighted by atomic mass is 10.1. The van der Waals surface area contributed by atoms with Crippen molar-refractivity contribution >= 4 is 11.8 Å². The van der Waals surface area contributed by atoms with Crippen molar-refractivity contribution in [3.63, 3.8) is 0 Å². The number of fused-ring (bicyclic) bond motifs is 1. The fourth-order valence-electron chi connectivity index (χ4n) is 2.81. The second kappa shape index (κ2) is 6.03. The molecule has 0 amide bonds. The Labute approximate surface area is 128 Å². The van der Waals surface area contributed by atoms with Crippen LogP contribution in [0.25, 0.3) is 0 Å². The molecular formula is C16H19N3OS. The molecule has 3 rings (SSSR count). The van der Waals surface area contributed by atoms with Gasteiger partial charge in [-0.25, -0.2) is 4.98 Å². The molecule has 0 saturated heterocycles. The smallest absolute Gasteiger partial charge is 0.255 e. The number of H-pyrrole nitrogens is 1. The Morgan fingerprint density at radius 3 is 3.00 bits per heavy atom. The molecule has 0 bridgehead atoms. The molecule has 0 saturated carbocycles. The molecule has 1 aromatic carbocycles. The number of thioether (sulfide) groups is 1. The van der Waals surface area contributed by atoms with Gasteiger partial charge in [0.25, 0.3) is 5.56 Å². The highest BCUT2D eigenvalue weighted by atomic mass is 32.2. The second-order valence-corrected chi connectivity index (χ2v) is 6.20. The third kappa shape index (κ3) is 3.04. The van der Waals surface area contributed by atoms with Crippen LogP contribution in [0.15, 0.2) is 34.0 Å². The highest BCUT2D eigenvalue weighted by Gasteiger charge is 2.21. The Bertz CT molecular complexity index is 711. The van der Waals surface area contributed by atoms with Crippen LogP contribution in [0.5, 0.6) is 0 Å². The van der Waals surface area contributed by atoms with Crippen LogP contribution in [0, 0.1) is 6.92 Å². The lowest BCUT2D eigenvalue weighted by molar-refractivity contribution is 0.240. The van der Waals surface area contributed by atoms with Gasteiger partial charge in [-0.1, -0.05) is 18.2 Å². The highest BCUT2D eigenvalue weighted by molar-refractivity contribution is 7.98. The van der Waals surface area contributed by atoms with E-state index in [0.717, 1.165) is 30.8 Å². The van der Waals surface area contributed by atoms with Gasteiger partial charge < -0.3 is 4.98 Å². The van der Waals surface area contributed by atoms with Crippen molar-refractivity contribution in [1.82, 2.24) is 14.9 Å².